The molecule has 0 N–H and O–H groups in total. The van der Waals surface area contributed by atoms with Crippen LogP contribution in [0.15, 0.2) is 29.4 Å². The van der Waals surface area contributed by atoms with Gasteiger partial charge in [0.25, 0.3) is 17.7 Å². The first-order valence-corrected chi connectivity index (χ1v) is 5.45. The molecular formula is C12H10N2O4. The summed E-state index contributed by atoms with van der Waals surface area (Å²) in [7, 11) is 1.43. The molecule has 0 aromatic heterocycles. The lowest BCUT2D eigenvalue weighted by atomic mass is 10.1. The molecule has 2 aliphatic heterocycles. The Balaban J connectivity index is 2.00. The molecule has 6 heteroatoms. The van der Waals surface area contributed by atoms with Crippen LogP contribution in [0.2, 0.25) is 0 Å². The van der Waals surface area contributed by atoms with Crippen molar-refractivity contribution in [3.63, 3.8) is 0 Å². The van der Waals surface area contributed by atoms with E-state index in [1.165, 1.54) is 7.11 Å². The Labute approximate surface area is 103 Å². The molecule has 0 spiro atoms. The monoisotopic (exact) mass is 246 g/mol. The highest BCUT2D eigenvalue weighted by Gasteiger charge is 2.44. The first-order chi connectivity index (χ1) is 8.74. The number of fused-ring (bicyclic) bond motifs is 1. The Bertz CT molecular complexity index is 532. The maximum atomic E-state index is 12.2. The maximum absolute atomic E-state index is 12.2. The molecule has 0 fully saturated rings. The molecule has 0 radical (unpaired) electrons. The van der Waals surface area contributed by atoms with E-state index < -0.39 is 6.04 Å². The van der Waals surface area contributed by atoms with Gasteiger partial charge in [-0.25, -0.2) is 0 Å². The van der Waals surface area contributed by atoms with E-state index in [0.29, 0.717) is 11.1 Å². The van der Waals surface area contributed by atoms with Crippen molar-refractivity contribution in [3.05, 3.63) is 35.4 Å². The lowest BCUT2D eigenvalue weighted by Gasteiger charge is -2.20. The van der Waals surface area contributed by atoms with Crippen molar-refractivity contribution in [3.8, 4) is 0 Å². The van der Waals surface area contributed by atoms with E-state index in [-0.39, 0.29) is 24.3 Å². The number of benzene rings is 1. The van der Waals surface area contributed by atoms with Crippen molar-refractivity contribution in [1.29, 1.82) is 0 Å². The smallest absolute Gasteiger partial charge is 0.262 e. The van der Waals surface area contributed by atoms with Gasteiger partial charge in [-0.1, -0.05) is 12.1 Å². The Morgan fingerprint density at radius 3 is 2.44 bits per heavy atom. The van der Waals surface area contributed by atoms with Crippen molar-refractivity contribution in [2.24, 2.45) is 5.16 Å². The van der Waals surface area contributed by atoms with E-state index >= 15 is 0 Å². The zero-order valence-corrected chi connectivity index (χ0v) is 9.62. The van der Waals surface area contributed by atoms with Crippen LogP contribution in [0.1, 0.15) is 20.7 Å². The Morgan fingerprint density at radius 1 is 1.28 bits per heavy atom. The molecule has 2 amide bonds. The summed E-state index contributed by atoms with van der Waals surface area (Å²) in [5, 5.41) is 3.66. The zero-order valence-electron chi connectivity index (χ0n) is 9.62. The SMILES string of the molecule is COC1=NOC[C@H]1N1C(=O)c2ccccc2C1=O. The number of hydrogen-bond donors (Lipinski definition) is 0. The molecule has 0 bridgehead atoms. The first kappa shape index (κ1) is 10.8. The number of ether oxygens (including phenoxy) is 1. The summed E-state index contributed by atoms with van der Waals surface area (Å²) in [5.41, 5.74) is 0.815. The van der Waals surface area contributed by atoms with Gasteiger partial charge in [-0.05, 0) is 17.3 Å². The number of amides is 2. The fourth-order valence-electron chi connectivity index (χ4n) is 2.15. The minimum atomic E-state index is -0.581. The number of imide groups is 1. The molecular weight excluding hydrogens is 236 g/mol. The fourth-order valence-corrected chi connectivity index (χ4v) is 2.15. The number of nitrogens with zero attached hydrogens (tertiary/aromatic N) is 2. The molecule has 1 aromatic carbocycles. The zero-order chi connectivity index (χ0) is 12.7. The first-order valence-electron chi connectivity index (χ1n) is 5.45. The lowest BCUT2D eigenvalue weighted by Crippen LogP contribution is -2.45. The van der Waals surface area contributed by atoms with E-state index in [4.69, 9.17) is 9.57 Å². The average Bonchev–Trinajstić information content (AvgIpc) is 2.95. The van der Waals surface area contributed by atoms with E-state index in [0.717, 1.165) is 4.90 Å². The summed E-state index contributed by atoms with van der Waals surface area (Å²) in [4.78, 5) is 30.4. The van der Waals surface area contributed by atoms with Crippen LogP contribution < -0.4 is 0 Å². The number of oxime groups is 1. The number of hydrogen-bond acceptors (Lipinski definition) is 5. The molecule has 2 aliphatic rings. The Kier molecular flexibility index (Phi) is 2.29. The molecule has 6 nitrogen and oxygen atoms in total. The van der Waals surface area contributed by atoms with Gasteiger partial charge in [0.2, 0.25) is 0 Å². The molecule has 3 rings (SSSR count). The largest absolute Gasteiger partial charge is 0.480 e. The third-order valence-corrected chi connectivity index (χ3v) is 3.02. The minimum absolute atomic E-state index is 0.134. The average molecular weight is 246 g/mol. The number of carbonyl (C=O) groups is 2. The maximum Gasteiger partial charge on any atom is 0.262 e. The predicted octanol–water partition coefficient (Wildman–Crippen LogP) is 0.641. The van der Waals surface area contributed by atoms with Crippen LogP contribution in [0.25, 0.3) is 0 Å². The summed E-state index contributed by atoms with van der Waals surface area (Å²) in [6.45, 7) is 0.134. The van der Waals surface area contributed by atoms with Gasteiger partial charge in [-0.3, -0.25) is 14.5 Å². The summed E-state index contributed by atoms with van der Waals surface area (Å²) >= 11 is 0. The van der Waals surface area contributed by atoms with Gasteiger partial charge in [0, 0.05) is 0 Å². The molecule has 1 aromatic rings. The second-order valence-electron chi connectivity index (χ2n) is 3.97. The summed E-state index contributed by atoms with van der Waals surface area (Å²) < 4.78 is 5.01. The normalized spacial score (nSPS) is 21.7. The van der Waals surface area contributed by atoms with Gasteiger partial charge in [-0.2, -0.15) is 0 Å². The minimum Gasteiger partial charge on any atom is -0.480 e. The van der Waals surface area contributed by atoms with Crippen LogP contribution in [-0.4, -0.2) is 42.4 Å². The van der Waals surface area contributed by atoms with Crippen molar-refractivity contribution in [1.82, 2.24) is 4.90 Å². The van der Waals surface area contributed by atoms with E-state index in [2.05, 4.69) is 5.16 Å². The third-order valence-electron chi connectivity index (χ3n) is 3.02. The molecule has 0 saturated heterocycles. The van der Waals surface area contributed by atoms with Crippen LogP contribution in [0.4, 0.5) is 0 Å². The van der Waals surface area contributed by atoms with Crippen LogP contribution in [0.5, 0.6) is 0 Å². The van der Waals surface area contributed by atoms with E-state index in [9.17, 15) is 9.59 Å². The highest BCUT2D eigenvalue weighted by molar-refractivity contribution is 6.22. The molecule has 0 unspecified atom stereocenters. The topological polar surface area (TPSA) is 68.2 Å². The van der Waals surface area contributed by atoms with Gasteiger partial charge in [0.15, 0.2) is 6.04 Å². The molecule has 92 valence electrons. The molecule has 0 aliphatic carbocycles. The number of carbonyl (C=O) groups excluding carboxylic acids is 2. The van der Waals surface area contributed by atoms with Gasteiger partial charge in [-0.15, -0.1) is 0 Å². The standard InChI is InChI=1S/C12H10N2O4/c1-17-10-9(6-18-13-10)14-11(15)7-4-2-3-5-8(7)12(14)16/h2-5,9H,6H2,1H3/t9-/m1/s1. The highest BCUT2D eigenvalue weighted by Crippen LogP contribution is 2.26. The number of rotatable bonds is 1. The Morgan fingerprint density at radius 2 is 1.89 bits per heavy atom. The van der Waals surface area contributed by atoms with Gasteiger partial charge in [0.1, 0.15) is 6.61 Å². The fraction of sp³-hybridized carbons (Fsp3) is 0.250. The second-order valence-corrected chi connectivity index (χ2v) is 3.97. The van der Waals surface area contributed by atoms with Gasteiger partial charge in [0.05, 0.1) is 18.2 Å². The predicted molar refractivity (Wildman–Crippen MR) is 61.1 cm³/mol. The highest BCUT2D eigenvalue weighted by atomic mass is 16.7. The van der Waals surface area contributed by atoms with E-state index in [1.807, 2.05) is 0 Å². The molecule has 18 heavy (non-hydrogen) atoms. The van der Waals surface area contributed by atoms with Crippen molar-refractivity contribution < 1.29 is 19.2 Å². The van der Waals surface area contributed by atoms with Crippen molar-refractivity contribution >= 4 is 17.7 Å². The summed E-state index contributed by atoms with van der Waals surface area (Å²) in [6, 6.07) is 6.14. The second kappa shape index (κ2) is 3.83. The van der Waals surface area contributed by atoms with Gasteiger partial charge < -0.3 is 9.57 Å². The van der Waals surface area contributed by atoms with E-state index in [1.54, 1.807) is 24.3 Å². The van der Waals surface area contributed by atoms with Crippen molar-refractivity contribution in [2.75, 3.05) is 13.7 Å². The van der Waals surface area contributed by atoms with Crippen LogP contribution in [0, 0.1) is 0 Å². The van der Waals surface area contributed by atoms with Crippen LogP contribution in [0.3, 0.4) is 0 Å². The van der Waals surface area contributed by atoms with Gasteiger partial charge >= 0.3 is 0 Å². The summed E-state index contributed by atoms with van der Waals surface area (Å²) in [6.07, 6.45) is 0. The third kappa shape index (κ3) is 1.32. The Hall–Kier alpha value is -2.37. The molecule has 2 heterocycles. The van der Waals surface area contributed by atoms with Crippen LogP contribution >= 0.6 is 0 Å². The van der Waals surface area contributed by atoms with Crippen LogP contribution in [-0.2, 0) is 9.57 Å². The number of methoxy groups -OCH3 is 1. The molecule has 0 saturated carbocycles. The van der Waals surface area contributed by atoms with Crippen molar-refractivity contribution in [2.45, 2.75) is 6.04 Å². The quantitative estimate of drug-likeness (QED) is 0.682. The summed E-state index contributed by atoms with van der Waals surface area (Å²) in [5.74, 6) is -0.434. The lowest BCUT2D eigenvalue weighted by molar-refractivity contribution is 0.0557. The molecule has 1 atom stereocenters.